The van der Waals surface area contributed by atoms with E-state index < -0.39 is 6.04 Å². The summed E-state index contributed by atoms with van der Waals surface area (Å²) in [7, 11) is 0. The van der Waals surface area contributed by atoms with Crippen LogP contribution >= 0.6 is 23.4 Å². The average molecular weight is 509 g/mol. The number of amides is 2. The summed E-state index contributed by atoms with van der Waals surface area (Å²) in [6.07, 6.45) is 0.821. The van der Waals surface area contributed by atoms with E-state index in [4.69, 9.17) is 11.6 Å². The van der Waals surface area contributed by atoms with Crippen molar-refractivity contribution >= 4 is 35.2 Å². The highest BCUT2D eigenvalue weighted by Gasteiger charge is 2.30. The van der Waals surface area contributed by atoms with Gasteiger partial charge in [-0.25, -0.2) is 0 Å². The largest absolute Gasteiger partial charge is 0.352 e. The van der Waals surface area contributed by atoms with Crippen molar-refractivity contribution in [2.75, 3.05) is 5.75 Å². The van der Waals surface area contributed by atoms with E-state index in [-0.39, 0.29) is 17.9 Å². The SMILES string of the molecule is CC(C)NC(=O)[C@@H](Cc1ccccc1)N(Cc1ccc(Cl)cc1)C(=O)CCSCc1ccccc1. The van der Waals surface area contributed by atoms with E-state index >= 15 is 0 Å². The number of carbonyl (C=O) groups excluding carboxylic acids is 2. The summed E-state index contributed by atoms with van der Waals surface area (Å²) in [6.45, 7) is 4.22. The Balaban J connectivity index is 1.78. The third-order valence-electron chi connectivity index (χ3n) is 5.54. The van der Waals surface area contributed by atoms with Gasteiger partial charge in [0.15, 0.2) is 0 Å². The van der Waals surface area contributed by atoms with Crippen LogP contribution in [0.15, 0.2) is 84.9 Å². The number of halogens is 1. The average Bonchev–Trinajstić information content (AvgIpc) is 2.86. The Morgan fingerprint density at radius 2 is 1.46 bits per heavy atom. The van der Waals surface area contributed by atoms with Crippen LogP contribution in [0.3, 0.4) is 0 Å². The molecular weight excluding hydrogens is 476 g/mol. The van der Waals surface area contributed by atoms with Crippen LogP contribution in [-0.4, -0.2) is 34.6 Å². The molecule has 0 aliphatic rings. The predicted molar refractivity (Wildman–Crippen MR) is 146 cm³/mol. The lowest BCUT2D eigenvalue weighted by atomic mass is 10.0. The molecular formula is C29H33ClN2O2S. The first-order valence-electron chi connectivity index (χ1n) is 11.9. The minimum atomic E-state index is -0.609. The van der Waals surface area contributed by atoms with E-state index in [0.29, 0.717) is 30.2 Å². The minimum absolute atomic E-state index is 0.0188. The summed E-state index contributed by atoms with van der Waals surface area (Å²) in [4.78, 5) is 28.6. The van der Waals surface area contributed by atoms with Gasteiger partial charge >= 0.3 is 0 Å². The second-order valence-corrected chi connectivity index (χ2v) is 10.3. The fourth-order valence-corrected chi connectivity index (χ4v) is 4.81. The zero-order chi connectivity index (χ0) is 25.0. The molecule has 184 valence electrons. The molecule has 0 saturated carbocycles. The molecule has 0 aromatic heterocycles. The molecule has 3 aromatic carbocycles. The van der Waals surface area contributed by atoms with Crippen LogP contribution in [0.4, 0.5) is 0 Å². The Kier molecular flexibility index (Phi) is 10.7. The Morgan fingerprint density at radius 3 is 2.06 bits per heavy atom. The summed E-state index contributed by atoms with van der Waals surface area (Å²) in [5.74, 6) is 1.38. The fourth-order valence-electron chi connectivity index (χ4n) is 3.79. The van der Waals surface area contributed by atoms with Crippen LogP contribution in [-0.2, 0) is 28.3 Å². The molecule has 4 nitrogen and oxygen atoms in total. The number of rotatable bonds is 12. The standard InChI is InChI=1S/C29H33ClN2O2S/c1-22(2)31-29(34)27(19-23-9-5-3-6-10-23)32(20-24-13-15-26(30)16-14-24)28(33)17-18-35-21-25-11-7-4-8-12-25/h3-16,22,27H,17-21H2,1-2H3,(H,31,34)/t27-/m1/s1. The lowest BCUT2D eigenvalue weighted by molar-refractivity contribution is -0.141. The quantitative estimate of drug-likeness (QED) is 0.299. The first-order chi connectivity index (χ1) is 16.9. The van der Waals surface area contributed by atoms with Crippen molar-refractivity contribution in [3.05, 3.63) is 107 Å². The maximum absolute atomic E-state index is 13.6. The van der Waals surface area contributed by atoms with Crippen LogP contribution in [0.5, 0.6) is 0 Å². The molecule has 1 N–H and O–H groups in total. The van der Waals surface area contributed by atoms with Crippen molar-refractivity contribution in [3.63, 3.8) is 0 Å². The van der Waals surface area contributed by atoms with Crippen LogP contribution in [0.25, 0.3) is 0 Å². The van der Waals surface area contributed by atoms with E-state index in [0.717, 1.165) is 16.9 Å². The Hall–Kier alpha value is -2.76. The topological polar surface area (TPSA) is 49.4 Å². The monoisotopic (exact) mass is 508 g/mol. The van der Waals surface area contributed by atoms with Gasteiger partial charge in [0.2, 0.25) is 11.8 Å². The Bertz CT molecular complexity index is 1060. The molecule has 0 spiro atoms. The molecule has 3 aromatic rings. The van der Waals surface area contributed by atoms with Crippen LogP contribution in [0.1, 0.15) is 37.0 Å². The van der Waals surface area contributed by atoms with E-state index in [1.807, 2.05) is 86.6 Å². The van der Waals surface area contributed by atoms with Gasteiger partial charge in [-0.05, 0) is 42.7 Å². The maximum Gasteiger partial charge on any atom is 0.243 e. The summed E-state index contributed by atoms with van der Waals surface area (Å²) in [5, 5.41) is 3.66. The second kappa shape index (κ2) is 14.0. The molecule has 0 unspecified atom stereocenters. The number of hydrogen-bond donors (Lipinski definition) is 1. The minimum Gasteiger partial charge on any atom is -0.352 e. The molecule has 0 bridgehead atoms. The lowest BCUT2D eigenvalue weighted by Crippen LogP contribution is -2.51. The third-order valence-corrected chi connectivity index (χ3v) is 6.82. The third kappa shape index (κ3) is 9.08. The smallest absolute Gasteiger partial charge is 0.243 e. The summed E-state index contributed by atoms with van der Waals surface area (Å²) >= 11 is 7.81. The second-order valence-electron chi connectivity index (χ2n) is 8.81. The van der Waals surface area contributed by atoms with Gasteiger partial charge in [0, 0.05) is 42.0 Å². The van der Waals surface area contributed by atoms with Gasteiger partial charge in [0.25, 0.3) is 0 Å². The molecule has 2 amide bonds. The van der Waals surface area contributed by atoms with Crippen LogP contribution < -0.4 is 5.32 Å². The van der Waals surface area contributed by atoms with Crippen molar-refractivity contribution in [2.24, 2.45) is 0 Å². The van der Waals surface area contributed by atoms with E-state index in [2.05, 4.69) is 17.4 Å². The van der Waals surface area contributed by atoms with Crippen molar-refractivity contribution in [1.82, 2.24) is 10.2 Å². The first kappa shape index (κ1) is 26.8. The van der Waals surface area contributed by atoms with Gasteiger partial charge in [-0.1, -0.05) is 84.4 Å². The zero-order valence-electron chi connectivity index (χ0n) is 20.3. The zero-order valence-corrected chi connectivity index (χ0v) is 21.9. The number of thioether (sulfide) groups is 1. The van der Waals surface area contributed by atoms with Crippen LogP contribution in [0.2, 0.25) is 5.02 Å². The molecule has 3 rings (SSSR count). The highest BCUT2D eigenvalue weighted by molar-refractivity contribution is 7.98. The highest BCUT2D eigenvalue weighted by atomic mass is 35.5. The molecule has 0 heterocycles. The van der Waals surface area contributed by atoms with E-state index in [1.165, 1.54) is 5.56 Å². The molecule has 6 heteroatoms. The van der Waals surface area contributed by atoms with Crippen LogP contribution in [0, 0.1) is 0 Å². The fraction of sp³-hybridized carbons (Fsp3) is 0.310. The molecule has 0 aliphatic heterocycles. The van der Waals surface area contributed by atoms with Crippen molar-refractivity contribution < 1.29 is 9.59 Å². The number of nitrogens with zero attached hydrogens (tertiary/aromatic N) is 1. The summed E-state index contributed by atoms with van der Waals surface area (Å²) in [6, 6.07) is 26.9. The van der Waals surface area contributed by atoms with E-state index in [1.54, 1.807) is 16.7 Å². The van der Waals surface area contributed by atoms with Gasteiger partial charge in [0.1, 0.15) is 6.04 Å². The lowest BCUT2D eigenvalue weighted by Gasteiger charge is -2.32. The molecule has 1 atom stereocenters. The normalized spacial score (nSPS) is 11.8. The predicted octanol–water partition coefficient (Wildman–Crippen LogP) is 6.13. The number of carbonyl (C=O) groups is 2. The molecule has 0 saturated heterocycles. The summed E-state index contributed by atoms with van der Waals surface area (Å²) < 4.78 is 0. The molecule has 0 radical (unpaired) electrons. The molecule has 0 fully saturated rings. The van der Waals surface area contributed by atoms with Gasteiger partial charge in [-0.2, -0.15) is 11.8 Å². The van der Waals surface area contributed by atoms with Crippen molar-refractivity contribution in [1.29, 1.82) is 0 Å². The van der Waals surface area contributed by atoms with Crippen molar-refractivity contribution in [3.8, 4) is 0 Å². The number of nitrogens with one attached hydrogen (secondary N) is 1. The van der Waals surface area contributed by atoms with Gasteiger partial charge < -0.3 is 10.2 Å². The number of benzene rings is 3. The highest BCUT2D eigenvalue weighted by Crippen LogP contribution is 2.19. The van der Waals surface area contributed by atoms with Crippen molar-refractivity contribution in [2.45, 2.75) is 51.1 Å². The van der Waals surface area contributed by atoms with Gasteiger partial charge in [0.05, 0.1) is 0 Å². The van der Waals surface area contributed by atoms with Gasteiger partial charge in [-0.15, -0.1) is 0 Å². The first-order valence-corrected chi connectivity index (χ1v) is 13.5. The summed E-state index contributed by atoms with van der Waals surface area (Å²) in [5.41, 5.74) is 3.19. The molecule has 35 heavy (non-hydrogen) atoms. The van der Waals surface area contributed by atoms with Gasteiger partial charge in [-0.3, -0.25) is 9.59 Å². The van der Waals surface area contributed by atoms with E-state index in [9.17, 15) is 9.59 Å². The Labute approximate surface area is 218 Å². The molecule has 0 aliphatic carbocycles. The Morgan fingerprint density at radius 1 is 0.857 bits per heavy atom. The maximum atomic E-state index is 13.6. The number of hydrogen-bond acceptors (Lipinski definition) is 3.